The van der Waals surface area contributed by atoms with Crippen LogP contribution in [-0.2, 0) is 40.5 Å². The number of aliphatic carboxylic acids is 3. The molecule has 0 saturated carbocycles. The van der Waals surface area contributed by atoms with Crippen LogP contribution >= 0.6 is 0 Å². The number of hydrogen-bond acceptors (Lipinski definition) is 13. The van der Waals surface area contributed by atoms with Gasteiger partial charge in [-0.05, 0) is 63.4 Å². The highest BCUT2D eigenvalue weighted by atomic mass is 32.2. The third-order valence-electron chi connectivity index (χ3n) is 10.1. The molecular formula is C40H57N9O10S. The first-order chi connectivity index (χ1) is 28.5. The molecule has 0 aliphatic carbocycles. The molecule has 4 rings (SSSR count). The Kier molecular flexibility index (Phi) is 18.3. The fourth-order valence-corrected chi connectivity index (χ4v) is 7.49. The van der Waals surface area contributed by atoms with Crippen LogP contribution in [0.3, 0.4) is 0 Å². The molecule has 2 heterocycles. The molecule has 1 aromatic heterocycles. The molecule has 7 N–H and O–H groups in total. The molecule has 1 aliphatic heterocycles. The van der Waals surface area contributed by atoms with Crippen LogP contribution in [0.4, 0.5) is 0 Å². The van der Waals surface area contributed by atoms with Gasteiger partial charge in [-0.1, -0.05) is 29.8 Å². The lowest BCUT2D eigenvalue weighted by Gasteiger charge is -2.35. The average molecular weight is 856 g/mol. The van der Waals surface area contributed by atoms with Gasteiger partial charge in [0.25, 0.3) is 0 Å². The number of ketones is 1. The summed E-state index contributed by atoms with van der Waals surface area (Å²) in [5.74, 6) is -3.42. The summed E-state index contributed by atoms with van der Waals surface area (Å²) >= 11 is 0. The van der Waals surface area contributed by atoms with Gasteiger partial charge in [-0.25, -0.2) is 18.2 Å². The number of nitrogens with two attached hydrogens (primary N) is 1. The van der Waals surface area contributed by atoms with Crippen LogP contribution in [0.2, 0.25) is 0 Å². The van der Waals surface area contributed by atoms with Crippen molar-refractivity contribution in [2.45, 2.75) is 50.6 Å². The SMILES string of the molecule is CC(=O)CN1CCN(CC(=O)O)CCN(CC(=O)O)CCN(C(CCCCNC(=O)CNCc2cc(-c3ccc(C)cc3)n(-c3ccc(S(N)(=O)=O)cc3)n2)C(=O)O)CC1. The minimum Gasteiger partial charge on any atom is -0.480 e. The van der Waals surface area contributed by atoms with Crippen LogP contribution in [0.25, 0.3) is 16.9 Å². The smallest absolute Gasteiger partial charge is 0.320 e. The van der Waals surface area contributed by atoms with E-state index in [1.54, 1.807) is 31.5 Å². The molecular weight excluding hydrogens is 799 g/mol. The van der Waals surface area contributed by atoms with Crippen LogP contribution in [-0.4, -0.2) is 174 Å². The molecule has 20 heteroatoms. The van der Waals surface area contributed by atoms with Gasteiger partial charge in [0.2, 0.25) is 15.9 Å². The van der Waals surface area contributed by atoms with Gasteiger partial charge in [-0.2, -0.15) is 5.10 Å². The number of nitrogens with one attached hydrogen (secondary N) is 2. The molecule has 1 unspecified atom stereocenters. The number of amides is 1. The van der Waals surface area contributed by atoms with Gasteiger partial charge in [0.05, 0.1) is 48.1 Å². The maximum atomic E-state index is 12.7. The van der Waals surface area contributed by atoms with Gasteiger partial charge in [0, 0.05) is 71.0 Å². The quantitative estimate of drug-likeness (QED) is 0.0836. The topological polar surface area (TPSA) is 261 Å². The number of unbranched alkanes of at least 4 members (excludes halogenated alkanes) is 1. The van der Waals surface area contributed by atoms with E-state index in [-0.39, 0.29) is 75.4 Å². The highest BCUT2D eigenvalue weighted by Crippen LogP contribution is 2.25. The second-order valence-corrected chi connectivity index (χ2v) is 16.6. The number of sulfonamides is 1. The predicted octanol–water partition coefficient (Wildman–Crippen LogP) is 0.304. The fourth-order valence-electron chi connectivity index (χ4n) is 6.98. The minimum absolute atomic E-state index is 0.00101. The Labute approximate surface area is 350 Å². The molecule has 0 spiro atoms. The molecule has 1 saturated heterocycles. The number of nitrogens with zero attached hydrogens (tertiary/aromatic N) is 6. The number of primary sulfonamides is 1. The summed E-state index contributed by atoms with van der Waals surface area (Å²) in [6.45, 7) is 6.06. The zero-order valence-electron chi connectivity index (χ0n) is 34.2. The maximum absolute atomic E-state index is 12.7. The molecule has 1 aliphatic rings. The van der Waals surface area contributed by atoms with E-state index in [2.05, 4.69) is 10.6 Å². The number of hydrogen-bond donors (Lipinski definition) is 6. The first-order valence-corrected chi connectivity index (χ1v) is 21.4. The Bertz CT molecular complexity index is 1990. The number of carbonyl (C=O) groups is 5. The van der Waals surface area contributed by atoms with E-state index < -0.39 is 34.0 Å². The summed E-state index contributed by atoms with van der Waals surface area (Å²) in [6.07, 6.45) is 1.27. The van der Waals surface area contributed by atoms with E-state index in [1.807, 2.05) is 42.2 Å². The Morgan fingerprint density at radius 2 is 1.33 bits per heavy atom. The van der Waals surface area contributed by atoms with Gasteiger partial charge in [-0.15, -0.1) is 0 Å². The van der Waals surface area contributed by atoms with Crippen molar-refractivity contribution in [1.29, 1.82) is 0 Å². The van der Waals surface area contributed by atoms with Crippen molar-refractivity contribution in [2.75, 3.05) is 85.1 Å². The molecule has 0 bridgehead atoms. The minimum atomic E-state index is -3.87. The standard InChI is InChI=1S/C40H57N9O10S/c1-29-6-8-31(9-7-29)36-23-32(44-49(36)33-10-12-34(13-11-33)60(41,58)59)24-42-25-37(51)43-14-4-3-5-35(40(56)57)48-21-19-45(26-30(2)50)15-16-46(27-38(52)53)17-18-47(20-22-48)28-39(54)55/h6-13,23,35,42H,3-5,14-22,24-28H2,1-2H3,(H,43,51)(H,52,53)(H,54,55)(H,56,57)(H2,41,58,59). The lowest BCUT2D eigenvalue weighted by atomic mass is 10.1. The fraction of sp³-hybridized carbons (Fsp3) is 0.500. The van der Waals surface area contributed by atoms with Crippen molar-refractivity contribution in [2.24, 2.45) is 5.14 Å². The Balaban J connectivity index is 1.31. The summed E-state index contributed by atoms with van der Waals surface area (Å²) in [7, 11) is -3.87. The number of carbonyl (C=O) groups excluding carboxylic acids is 2. The zero-order valence-corrected chi connectivity index (χ0v) is 35.0. The van der Waals surface area contributed by atoms with Crippen LogP contribution in [0, 0.1) is 6.92 Å². The van der Waals surface area contributed by atoms with Crippen molar-refractivity contribution >= 4 is 39.6 Å². The number of aryl methyl sites for hydroxylation is 1. The van der Waals surface area contributed by atoms with Gasteiger partial charge in [0.1, 0.15) is 11.8 Å². The Morgan fingerprint density at radius 1 is 0.783 bits per heavy atom. The zero-order chi connectivity index (χ0) is 43.8. The summed E-state index contributed by atoms with van der Waals surface area (Å²) < 4.78 is 25.3. The summed E-state index contributed by atoms with van der Waals surface area (Å²) in [4.78, 5) is 67.6. The van der Waals surface area contributed by atoms with Crippen molar-refractivity contribution in [3.63, 3.8) is 0 Å². The molecule has 1 amide bonds. The second-order valence-electron chi connectivity index (χ2n) is 15.0. The first kappa shape index (κ1) is 47.6. The van der Waals surface area contributed by atoms with Crippen molar-refractivity contribution in [3.05, 3.63) is 65.9 Å². The van der Waals surface area contributed by atoms with Gasteiger partial charge in [-0.3, -0.25) is 43.6 Å². The number of carboxylic acids is 3. The van der Waals surface area contributed by atoms with Crippen LogP contribution in [0.5, 0.6) is 0 Å². The highest BCUT2D eigenvalue weighted by molar-refractivity contribution is 7.89. The van der Waals surface area contributed by atoms with E-state index >= 15 is 0 Å². The Hall–Kier alpha value is -5.09. The molecule has 2 aromatic carbocycles. The number of aromatic nitrogens is 2. The third kappa shape index (κ3) is 15.8. The van der Waals surface area contributed by atoms with E-state index in [0.29, 0.717) is 63.5 Å². The monoisotopic (exact) mass is 855 g/mol. The van der Waals surface area contributed by atoms with E-state index in [9.17, 15) is 47.7 Å². The molecule has 328 valence electrons. The third-order valence-corrected chi connectivity index (χ3v) is 11.0. The summed E-state index contributed by atoms with van der Waals surface area (Å²) in [5, 5.41) is 45.2. The average Bonchev–Trinajstić information content (AvgIpc) is 3.60. The van der Waals surface area contributed by atoms with Gasteiger partial charge in [0.15, 0.2) is 0 Å². The molecule has 0 radical (unpaired) electrons. The first-order valence-electron chi connectivity index (χ1n) is 19.8. The Morgan fingerprint density at radius 3 is 1.85 bits per heavy atom. The predicted molar refractivity (Wildman–Crippen MR) is 222 cm³/mol. The number of rotatable bonds is 20. The van der Waals surface area contributed by atoms with Crippen molar-refractivity contribution in [3.8, 4) is 16.9 Å². The normalized spacial score (nSPS) is 16.1. The number of carboxylic acid groups (broad SMARTS) is 3. The van der Waals surface area contributed by atoms with Gasteiger partial charge >= 0.3 is 17.9 Å². The second kappa shape index (κ2) is 23.1. The highest BCUT2D eigenvalue weighted by Gasteiger charge is 2.28. The lowest BCUT2D eigenvalue weighted by molar-refractivity contribution is -0.144. The van der Waals surface area contributed by atoms with E-state index in [0.717, 1.165) is 16.8 Å². The maximum Gasteiger partial charge on any atom is 0.320 e. The van der Waals surface area contributed by atoms with E-state index in [4.69, 9.17) is 10.2 Å². The van der Waals surface area contributed by atoms with E-state index in [1.165, 1.54) is 19.1 Å². The van der Waals surface area contributed by atoms with Crippen LogP contribution in [0.1, 0.15) is 37.4 Å². The largest absolute Gasteiger partial charge is 0.480 e. The summed E-state index contributed by atoms with van der Waals surface area (Å²) in [6, 6.07) is 14.9. The van der Waals surface area contributed by atoms with Gasteiger partial charge < -0.3 is 26.0 Å². The van der Waals surface area contributed by atoms with Crippen molar-refractivity contribution in [1.82, 2.24) is 40.0 Å². The number of benzene rings is 2. The molecule has 19 nitrogen and oxygen atoms in total. The molecule has 3 aromatic rings. The lowest BCUT2D eigenvalue weighted by Crippen LogP contribution is -2.51. The van der Waals surface area contributed by atoms with Crippen LogP contribution < -0.4 is 15.8 Å². The van der Waals surface area contributed by atoms with Crippen molar-refractivity contribution < 1.29 is 47.7 Å². The molecule has 1 atom stereocenters. The van der Waals surface area contributed by atoms with Crippen LogP contribution in [0.15, 0.2) is 59.5 Å². The molecule has 60 heavy (non-hydrogen) atoms. The summed E-state index contributed by atoms with van der Waals surface area (Å²) in [5.41, 5.74) is 4.01. The number of Topliss-reactive ketones (excluding diaryl/α,β-unsaturated/α-hetero) is 1. The molecule has 1 fully saturated rings.